The lowest BCUT2D eigenvalue weighted by molar-refractivity contribution is 0.112. The molecule has 2 rings (SSSR count). The van der Waals surface area contributed by atoms with Gasteiger partial charge in [0.05, 0.1) is 0 Å². The zero-order chi connectivity index (χ0) is 10.1. The van der Waals surface area contributed by atoms with Crippen LogP contribution in [0.4, 0.5) is 0 Å². The molecule has 0 unspecified atom stereocenters. The molecular weight excluding hydrogens is 264 g/mol. The van der Waals surface area contributed by atoms with Crippen LogP contribution in [0.3, 0.4) is 0 Å². The number of alkyl halides is 1. The summed E-state index contributed by atoms with van der Waals surface area (Å²) in [6, 6.07) is 3.73. The van der Waals surface area contributed by atoms with Crippen molar-refractivity contribution in [1.82, 2.24) is 0 Å². The predicted octanol–water partition coefficient (Wildman–Crippen LogP) is 3.31. The number of halogens is 1. The first-order valence-corrected chi connectivity index (χ1v) is 6.00. The summed E-state index contributed by atoms with van der Waals surface area (Å²) < 4.78 is 0.849. The highest BCUT2D eigenvalue weighted by Crippen LogP contribution is 2.34. The van der Waals surface area contributed by atoms with E-state index in [1.165, 1.54) is 11.3 Å². The van der Waals surface area contributed by atoms with Crippen molar-refractivity contribution in [2.75, 3.05) is 0 Å². The van der Waals surface area contributed by atoms with Crippen LogP contribution >= 0.6 is 27.3 Å². The number of fused-ring (bicyclic) bond motifs is 1. The molecule has 0 aliphatic rings. The summed E-state index contributed by atoms with van der Waals surface area (Å²) in [5.41, 5.74) is 1.63. The number of hydrogen-bond acceptors (Lipinski definition) is 3. The molecule has 0 aliphatic heterocycles. The van der Waals surface area contributed by atoms with Crippen molar-refractivity contribution >= 4 is 43.6 Å². The summed E-state index contributed by atoms with van der Waals surface area (Å²) in [5.74, 6) is 0.246. The maximum absolute atomic E-state index is 10.8. The second kappa shape index (κ2) is 3.71. The molecule has 1 N–H and O–H groups in total. The van der Waals surface area contributed by atoms with Crippen LogP contribution in [0, 0.1) is 0 Å². The first-order valence-electron chi connectivity index (χ1n) is 4.00. The third-order valence-corrected chi connectivity index (χ3v) is 3.70. The predicted molar refractivity (Wildman–Crippen MR) is 61.5 cm³/mol. The van der Waals surface area contributed by atoms with Crippen LogP contribution in [0.15, 0.2) is 17.5 Å². The molecule has 0 bridgehead atoms. The van der Waals surface area contributed by atoms with Crippen LogP contribution in [-0.4, -0.2) is 11.4 Å². The van der Waals surface area contributed by atoms with Gasteiger partial charge in [-0.3, -0.25) is 4.79 Å². The minimum atomic E-state index is 0.246. The monoisotopic (exact) mass is 270 g/mol. The van der Waals surface area contributed by atoms with Crippen molar-refractivity contribution in [1.29, 1.82) is 0 Å². The number of carbonyl (C=O) groups excluding carboxylic acids is 1. The molecule has 14 heavy (non-hydrogen) atoms. The zero-order valence-corrected chi connectivity index (χ0v) is 9.56. The summed E-state index contributed by atoms with van der Waals surface area (Å²) >= 11 is 4.71. The Morgan fingerprint density at radius 3 is 2.93 bits per heavy atom. The second-order valence-electron chi connectivity index (χ2n) is 2.93. The van der Waals surface area contributed by atoms with Gasteiger partial charge >= 0.3 is 0 Å². The van der Waals surface area contributed by atoms with E-state index in [-0.39, 0.29) is 5.75 Å². The second-order valence-corrected chi connectivity index (χ2v) is 4.37. The van der Waals surface area contributed by atoms with Crippen molar-refractivity contribution in [2.24, 2.45) is 0 Å². The van der Waals surface area contributed by atoms with Crippen LogP contribution in [0.25, 0.3) is 10.1 Å². The Morgan fingerprint density at radius 1 is 1.50 bits per heavy atom. The van der Waals surface area contributed by atoms with E-state index < -0.39 is 0 Å². The Kier molecular flexibility index (Phi) is 2.56. The maximum atomic E-state index is 10.8. The summed E-state index contributed by atoms with van der Waals surface area (Å²) in [6.45, 7) is 0. The third kappa shape index (κ3) is 1.44. The van der Waals surface area contributed by atoms with Crippen molar-refractivity contribution < 1.29 is 9.90 Å². The van der Waals surface area contributed by atoms with Gasteiger partial charge in [0.15, 0.2) is 6.29 Å². The Balaban J connectivity index is 2.82. The molecule has 0 spiro atoms. The number of aromatic hydroxyl groups is 1. The number of hydrogen-bond donors (Lipinski definition) is 1. The third-order valence-electron chi connectivity index (χ3n) is 2.02. The fraction of sp³-hybridized carbons (Fsp3) is 0.100. The lowest BCUT2D eigenvalue weighted by Crippen LogP contribution is -1.84. The highest BCUT2D eigenvalue weighted by atomic mass is 79.9. The van der Waals surface area contributed by atoms with Gasteiger partial charge in [0.1, 0.15) is 5.75 Å². The number of benzene rings is 1. The average Bonchev–Trinajstić information content (AvgIpc) is 2.59. The van der Waals surface area contributed by atoms with Gasteiger partial charge < -0.3 is 5.11 Å². The lowest BCUT2D eigenvalue weighted by atomic mass is 10.1. The van der Waals surface area contributed by atoms with E-state index in [4.69, 9.17) is 0 Å². The van der Waals surface area contributed by atoms with Gasteiger partial charge in [0, 0.05) is 26.4 Å². The zero-order valence-electron chi connectivity index (χ0n) is 7.16. The molecule has 72 valence electrons. The Labute approximate surface area is 93.3 Å². The van der Waals surface area contributed by atoms with E-state index in [1.54, 1.807) is 5.38 Å². The first kappa shape index (κ1) is 9.68. The van der Waals surface area contributed by atoms with E-state index in [0.29, 0.717) is 10.9 Å². The van der Waals surface area contributed by atoms with Crippen LogP contribution in [0.1, 0.15) is 15.9 Å². The number of rotatable bonds is 2. The number of carbonyl (C=O) groups is 1. The molecule has 4 heteroatoms. The minimum absolute atomic E-state index is 0.246. The molecule has 0 saturated carbocycles. The topological polar surface area (TPSA) is 37.3 Å². The first-order chi connectivity index (χ1) is 6.76. The molecule has 0 aliphatic carbocycles. The van der Waals surface area contributed by atoms with Crippen LogP contribution in [0.5, 0.6) is 5.75 Å². The van der Waals surface area contributed by atoms with Crippen LogP contribution in [0.2, 0.25) is 0 Å². The van der Waals surface area contributed by atoms with E-state index in [0.717, 1.165) is 21.9 Å². The fourth-order valence-corrected chi connectivity index (χ4v) is 2.59. The van der Waals surface area contributed by atoms with E-state index in [9.17, 15) is 9.90 Å². The molecule has 0 radical (unpaired) electrons. The van der Waals surface area contributed by atoms with Gasteiger partial charge in [-0.25, -0.2) is 0 Å². The summed E-state index contributed by atoms with van der Waals surface area (Å²) in [5, 5.41) is 12.6. The summed E-state index contributed by atoms with van der Waals surface area (Å²) in [7, 11) is 0. The smallest absolute Gasteiger partial charge is 0.151 e. The minimum Gasteiger partial charge on any atom is -0.506 e. The molecule has 0 saturated heterocycles. The van der Waals surface area contributed by atoms with Gasteiger partial charge in [-0.05, 0) is 17.7 Å². The molecule has 2 nitrogen and oxygen atoms in total. The molecule has 2 aromatic rings. The van der Waals surface area contributed by atoms with E-state index in [1.807, 2.05) is 12.1 Å². The molecule has 0 fully saturated rings. The van der Waals surface area contributed by atoms with Crippen molar-refractivity contribution in [3.8, 4) is 5.75 Å². The molecule has 0 amide bonds. The van der Waals surface area contributed by atoms with Crippen molar-refractivity contribution in [2.45, 2.75) is 5.33 Å². The van der Waals surface area contributed by atoms with Crippen molar-refractivity contribution in [3.63, 3.8) is 0 Å². The van der Waals surface area contributed by atoms with Crippen LogP contribution in [-0.2, 0) is 5.33 Å². The highest BCUT2D eigenvalue weighted by molar-refractivity contribution is 9.08. The van der Waals surface area contributed by atoms with Gasteiger partial charge in [0.2, 0.25) is 0 Å². The maximum Gasteiger partial charge on any atom is 0.151 e. The number of aldehydes is 1. The van der Waals surface area contributed by atoms with Gasteiger partial charge in [-0.15, -0.1) is 11.3 Å². The molecule has 1 aromatic carbocycles. The lowest BCUT2D eigenvalue weighted by Gasteiger charge is -1.99. The molecule has 1 heterocycles. The molecule has 1 aromatic heterocycles. The van der Waals surface area contributed by atoms with Gasteiger partial charge in [0.25, 0.3) is 0 Å². The normalized spacial score (nSPS) is 10.6. The van der Waals surface area contributed by atoms with Crippen LogP contribution < -0.4 is 0 Å². The van der Waals surface area contributed by atoms with Gasteiger partial charge in [-0.2, -0.15) is 0 Å². The quantitative estimate of drug-likeness (QED) is 0.672. The summed E-state index contributed by atoms with van der Waals surface area (Å²) in [4.78, 5) is 10.8. The largest absolute Gasteiger partial charge is 0.506 e. The number of thiophene rings is 1. The van der Waals surface area contributed by atoms with Gasteiger partial charge in [-0.1, -0.05) is 15.9 Å². The van der Waals surface area contributed by atoms with Crippen molar-refractivity contribution in [3.05, 3.63) is 28.6 Å². The standard InChI is InChI=1S/C10H7BrO2S/c11-3-6-1-7(4-12)10-8(2-6)9(13)5-14-10/h1-2,4-5,13H,3H2. The van der Waals surface area contributed by atoms with E-state index in [2.05, 4.69) is 15.9 Å². The molecule has 0 atom stereocenters. The Morgan fingerprint density at radius 2 is 2.29 bits per heavy atom. The SMILES string of the molecule is O=Cc1cc(CBr)cc2c(O)csc12. The molecular formula is C10H7BrO2S. The average molecular weight is 271 g/mol. The Bertz CT molecular complexity index is 490. The Hall–Kier alpha value is -0.870. The van der Waals surface area contributed by atoms with E-state index >= 15 is 0 Å². The summed E-state index contributed by atoms with van der Waals surface area (Å²) in [6.07, 6.45) is 0.824. The highest BCUT2D eigenvalue weighted by Gasteiger charge is 2.08. The fourth-order valence-electron chi connectivity index (χ4n) is 1.38.